The third-order valence-corrected chi connectivity index (χ3v) is 4.38. The van der Waals surface area contributed by atoms with Gasteiger partial charge in [0.2, 0.25) is 5.91 Å². The summed E-state index contributed by atoms with van der Waals surface area (Å²) in [5.41, 5.74) is 11.2. The van der Waals surface area contributed by atoms with Crippen molar-refractivity contribution in [1.29, 1.82) is 0 Å². The second-order valence-electron chi connectivity index (χ2n) is 5.22. The molecule has 1 aromatic rings. The third kappa shape index (κ3) is 4.26. The van der Waals surface area contributed by atoms with E-state index in [1.807, 2.05) is 0 Å². The molecule has 1 saturated carbocycles. The van der Waals surface area contributed by atoms with E-state index in [-0.39, 0.29) is 11.7 Å². The number of hydrogen-bond donors (Lipinski definition) is 3. The highest BCUT2D eigenvalue weighted by Gasteiger charge is 2.22. The van der Waals surface area contributed by atoms with Gasteiger partial charge in [0.05, 0.1) is 5.75 Å². The lowest BCUT2D eigenvalue weighted by Crippen LogP contribution is -2.41. The van der Waals surface area contributed by atoms with E-state index in [2.05, 4.69) is 22.2 Å². The van der Waals surface area contributed by atoms with Crippen LogP contribution in [0, 0.1) is 5.92 Å². The fourth-order valence-electron chi connectivity index (χ4n) is 2.44. The van der Waals surface area contributed by atoms with Crippen molar-refractivity contribution in [1.82, 2.24) is 15.3 Å². The molecule has 2 unspecified atom stereocenters. The number of thioether (sulfide) groups is 1. The van der Waals surface area contributed by atoms with Crippen LogP contribution >= 0.6 is 11.8 Å². The largest absolute Gasteiger partial charge is 0.383 e. The monoisotopic (exact) mass is 295 g/mol. The van der Waals surface area contributed by atoms with E-state index in [0.29, 0.717) is 28.8 Å². The SMILES string of the molecule is CC1CCCCC1NC(=O)CSc1nc(N)cc(N)n1. The average Bonchev–Trinajstić information content (AvgIpc) is 2.38. The van der Waals surface area contributed by atoms with E-state index >= 15 is 0 Å². The first-order chi connectivity index (χ1) is 9.54. The predicted molar refractivity (Wildman–Crippen MR) is 81.1 cm³/mol. The normalized spacial score (nSPS) is 22.4. The van der Waals surface area contributed by atoms with Crippen molar-refractivity contribution >= 4 is 29.3 Å². The summed E-state index contributed by atoms with van der Waals surface area (Å²) in [6.07, 6.45) is 4.71. The number of carbonyl (C=O) groups is 1. The van der Waals surface area contributed by atoms with Gasteiger partial charge in [-0.1, -0.05) is 31.5 Å². The number of carbonyl (C=O) groups excluding carboxylic acids is 1. The lowest BCUT2D eigenvalue weighted by Gasteiger charge is -2.29. The van der Waals surface area contributed by atoms with E-state index < -0.39 is 0 Å². The van der Waals surface area contributed by atoms with Gasteiger partial charge in [-0.05, 0) is 18.8 Å². The van der Waals surface area contributed by atoms with E-state index in [4.69, 9.17) is 11.5 Å². The van der Waals surface area contributed by atoms with Crippen molar-refractivity contribution in [3.05, 3.63) is 6.07 Å². The van der Waals surface area contributed by atoms with Gasteiger partial charge in [-0.15, -0.1) is 0 Å². The fourth-order valence-corrected chi connectivity index (χ4v) is 3.12. The minimum atomic E-state index is 0.0124. The number of nitrogens with two attached hydrogens (primary N) is 2. The van der Waals surface area contributed by atoms with Crippen molar-refractivity contribution < 1.29 is 4.79 Å². The van der Waals surface area contributed by atoms with Crippen LogP contribution in [0.4, 0.5) is 11.6 Å². The minimum absolute atomic E-state index is 0.0124. The standard InChI is InChI=1S/C13H21N5OS/c1-8-4-2-3-5-9(8)16-12(19)7-20-13-17-10(14)6-11(15)18-13/h6,8-9H,2-5,7H2,1H3,(H,16,19)(H4,14,15,17,18). The molecule has 6 nitrogen and oxygen atoms in total. The molecule has 7 heteroatoms. The second kappa shape index (κ2) is 6.78. The minimum Gasteiger partial charge on any atom is -0.383 e. The topological polar surface area (TPSA) is 107 Å². The van der Waals surface area contributed by atoms with Crippen LogP contribution in [0.15, 0.2) is 11.2 Å². The Labute approximate surface area is 123 Å². The third-order valence-electron chi connectivity index (χ3n) is 3.54. The highest BCUT2D eigenvalue weighted by Crippen LogP contribution is 2.24. The van der Waals surface area contributed by atoms with Crippen molar-refractivity contribution in [3.8, 4) is 0 Å². The maximum Gasteiger partial charge on any atom is 0.230 e. The maximum atomic E-state index is 12.0. The Balaban J connectivity index is 1.82. The molecule has 0 spiro atoms. The van der Waals surface area contributed by atoms with E-state index in [1.165, 1.54) is 37.1 Å². The van der Waals surface area contributed by atoms with Gasteiger partial charge < -0.3 is 16.8 Å². The molecule has 1 aromatic heterocycles. The number of hydrogen-bond acceptors (Lipinski definition) is 6. The summed E-state index contributed by atoms with van der Waals surface area (Å²) in [4.78, 5) is 20.0. The molecular weight excluding hydrogens is 274 g/mol. The van der Waals surface area contributed by atoms with Gasteiger partial charge in [-0.2, -0.15) is 0 Å². The fraction of sp³-hybridized carbons (Fsp3) is 0.615. The predicted octanol–water partition coefficient (Wildman–Crippen LogP) is 1.43. The summed E-state index contributed by atoms with van der Waals surface area (Å²) >= 11 is 1.25. The van der Waals surface area contributed by atoms with Crippen LogP contribution in [0.2, 0.25) is 0 Å². The van der Waals surface area contributed by atoms with Gasteiger partial charge in [0.25, 0.3) is 0 Å². The Hall–Kier alpha value is -1.50. The molecule has 1 aliphatic rings. The van der Waals surface area contributed by atoms with Gasteiger partial charge in [-0.3, -0.25) is 4.79 Å². The van der Waals surface area contributed by atoms with Crippen molar-refractivity contribution in [3.63, 3.8) is 0 Å². The molecule has 20 heavy (non-hydrogen) atoms. The molecular formula is C13H21N5OS. The van der Waals surface area contributed by atoms with Gasteiger partial charge in [0.1, 0.15) is 11.6 Å². The van der Waals surface area contributed by atoms with Crippen molar-refractivity contribution in [2.45, 2.75) is 43.8 Å². The molecule has 0 aromatic carbocycles. The van der Waals surface area contributed by atoms with Crippen LogP contribution in [0.1, 0.15) is 32.6 Å². The Kier molecular flexibility index (Phi) is 5.05. The van der Waals surface area contributed by atoms with Gasteiger partial charge in [0, 0.05) is 12.1 Å². The van der Waals surface area contributed by atoms with Crippen molar-refractivity contribution in [2.75, 3.05) is 17.2 Å². The first kappa shape index (κ1) is 14.9. The Bertz CT molecular complexity index is 462. The summed E-state index contributed by atoms with van der Waals surface area (Å²) in [5, 5.41) is 3.53. The van der Waals surface area contributed by atoms with Crippen LogP contribution in [0.3, 0.4) is 0 Å². The van der Waals surface area contributed by atoms with E-state index in [9.17, 15) is 4.79 Å². The lowest BCUT2D eigenvalue weighted by atomic mass is 9.86. The molecule has 1 amide bonds. The summed E-state index contributed by atoms with van der Waals surface area (Å²) in [6, 6.07) is 1.79. The van der Waals surface area contributed by atoms with Crippen LogP contribution in [-0.4, -0.2) is 27.7 Å². The molecule has 5 N–H and O–H groups in total. The molecule has 1 aliphatic carbocycles. The average molecular weight is 295 g/mol. The molecule has 0 saturated heterocycles. The molecule has 1 fully saturated rings. The number of amides is 1. The Morgan fingerprint density at radius 2 is 2.00 bits per heavy atom. The second-order valence-corrected chi connectivity index (χ2v) is 6.17. The Morgan fingerprint density at radius 1 is 1.35 bits per heavy atom. The van der Waals surface area contributed by atoms with Crippen LogP contribution in [0.5, 0.6) is 0 Å². The molecule has 110 valence electrons. The zero-order chi connectivity index (χ0) is 14.5. The highest BCUT2D eigenvalue weighted by molar-refractivity contribution is 7.99. The quantitative estimate of drug-likeness (QED) is 0.573. The van der Waals surface area contributed by atoms with Gasteiger partial charge >= 0.3 is 0 Å². The summed E-state index contributed by atoms with van der Waals surface area (Å²) in [7, 11) is 0. The number of nitrogens with zero attached hydrogens (tertiary/aromatic N) is 2. The molecule has 0 radical (unpaired) electrons. The first-order valence-corrected chi connectivity index (χ1v) is 7.85. The van der Waals surface area contributed by atoms with Crippen LogP contribution in [0.25, 0.3) is 0 Å². The lowest BCUT2D eigenvalue weighted by molar-refractivity contribution is -0.119. The molecule has 2 rings (SSSR count). The number of nitrogen functional groups attached to an aromatic ring is 2. The first-order valence-electron chi connectivity index (χ1n) is 6.87. The van der Waals surface area contributed by atoms with Gasteiger partial charge in [-0.25, -0.2) is 9.97 Å². The van der Waals surface area contributed by atoms with E-state index in [0.717, 1.165) is 6.42 Å². The number of anilines is 2. The van der Waals surface area contributed by atoms with Crippen molar-refractivity contribution in [2.24, 2.45) is 5.92 Å². The van der Waals surface area contributed by atoms with E-state index in [1.54, 1.807) is 0 Å². The Morgan fingerprint density at radius 3 is 2.65 bits per heavy atom. The number of nitrogens with one attached hydrogen (secondary N) is 1. The summed E-state index contributed by atoms with van der Waals surface area (Å²) < 4.78 is 0. The summed E-state index contributed by atoms with van der Waals surface area (Å²) in [6.45, 7) is 2.19. The maximum absolute atomic E-state index is 12.0. The molecule has 0 bridgehead atoms. The number of aromatic nitrogens is 2. The van der Waals surface area contributed by atoms with Crippen LogP contribution in [-0.2, 0) is 4.79 Å². The zero-order valence-corrected chi connectivity index (χ0v) is 12.4. The van der Waals surface area contributed by atoms with Gasteiger partial charge in [0.15, 0.2) is 5.16 Å². The molecule has 1 heterocycles. The number of rotatable bonds is 4. The summed E-state index contributed by atoms with van der Waals surface area (Å²) in [5.74, 6) is 1.49. The smallest absolute Gasteiger partial charge is 0.230 e. The van der Waals surface area contributed by atoms with Crippen LogP contribution < -0.4 is 16.8 Å². The molecule has 0 aliphatic heterocycles. The molecule has 2 atom stereocenters. The highest BCUT2D eigenvalue weighted by atomic mass is 32.2. The zero-order valence-electron chi connectivity index (χ0n) is 11.6.